The van der Waals surface area contributed by atoms with Crippen molar-refractivity contribution in [3.63, 3.8) is 0 Å². The maximum absolute atomic E-state index is 11.7. The summed E-state index contributed by atoms with van der Waals surface area (Å²) >= 11 is 2.62. The van der Waals surface area contributed by atoms with Gasteiger partial charge in [0.15, 0.2) is 0 Å². The van der Waals surface area contributed by atoms with Crippen LogP contribution in [0.4, 0.5) is 0 Å². The number of carbonyl (C=O) groups excluding carboxylic acids is 2. The molecule has 0 saturated carbocycles. The van der Waals surface area contributed by atoms with E-state index in [1.165, 1.54) is 62.3 Å². The first kappa shape index (κ1) is 22.9. The Hall–Kier alpha value is 0.937. The van der Waals surface area contributed by atoms with E-state index in [4.69, 9.17) is 6.78 Å². The third-order valence-electron chi connectivity index (χ3n) is 2.57. The van der Waals surface area contributed by atoms with Crippen LogP contribution in [0.1, 0.15) is 40.5 Å². The second kappa shape index (κ2) is 13.3. The summed E-state index contributed by atoms with van der Waals surface area (Å²) < 4.78 is 15.7. The summed E-state index contributed by atoms with van der Waals surface area (Å²) in [6, 6.07) is -0.733. The molecule has 2 atom stereocenters. The van der Waals surface area contributed by atoms with Gasteiger partial charge in [-0.25, -0.2) is 0 Å². The summed E-state index contributed by atoms with van der Waals surface area (Å²) in [7, 11) is 2.56. The first-order valence-corrected chi connectivity index (χ1v) is 10.6. The molecule has 0 aliphatic carbocycles. The van der Waals surface area contributed by atoms with Gasteiger partial charge in [0.05, 0.1) is 0 Å². The van der Waals surface area contributed by atoms with E-state index in [1.807, 2.05) is 27.7 Å². The van der Waals surface area contributed by atoms with Crippen molar-refractivity contribution in [1.82, 2.24) is 9.44 Å². The molecule has 0 saturated heterocycles. The molecule has 0 fully saturated rings. The molecule has 0 radical (unpaired) electrons. The topological polar surface area (TPSA) is 76.7 Å². The molecule has 0 aliphatic rings. The molecular weight excluding hydrogens is 492 g/mol. The predicted octanol–water partition coefficient (Wildman–Crippen LogP) is 2.22. The quantitative estimate of drug-likeness (QED) is 0.188. The Labute approximate surface area is 163 Å². The van der Waals surface area contributed by atoms with Gasteiger partial charge >= 0.3 is 165 Å². The van der Waals surface area contributed by atoms with Crippen molar-refractivity contribution in [2.24, 2.45) is 11.8 Å². The normalized spacial score (nSPS) is 13.9. The number of carbonyl (C=O) groups is 2. The molecule has 2 N–H and O–H groups in total. The Kier molecular flexibility index (Phi) is 13.8. The van der Waals surface area contributed by atoms with Crippen LogP contribution in [0, 0.1) is 11.8 Å². The zero-order valence-electron chi connectivity index (χ0n) is 13.0. The van der Waals surface area contributed by atoms with E-state index in [0.717, 1.165) is 0 Å². The summed E-state index contributed by atoms with van der Waals surface area (Å²) in [6.45, 7) is 8.19. The van der Waals surface area contributed by atoms with Crippen LogP contribution in [0.15, 0.2) is 0 Å². The molecule has 0 aliphatic heterocycles. The molecule has 0 aromatic heterocycles. The fourth-order valence-corrected chi connectivity index (χ4v) is 3.88. The van der Waals surface area contributed by atoms with Crippen molar-refractivity contribution in [3.8, 4) is 0 Å². The van der Waals surface area contributed by atoms with Gasteiger partial charge in [0.2, 0.25) is 0 Å². The van der Waals surface area contributed by atoms with Crippen LogP contribution in [-0.2, 0) is 56.8 Å². The van der Waals surface area contributed by atoms with Gasteiger partial charge in [0, 0.05) is 0 Å². The van der Waals surface area contributed by atoms with Crippen molar-refractivity contribution in [2.75, 3.05) is 0 Å². The monoisotopic (exact) mass is 518 g/mol. The van der Waals surface area contributed by atoms with Crippen molar-refractivity contribution in [3.05, 3.63) is 0 Å². The van der Waals surface area contributed by atoms with Gasteiger partial charge in [0.25, 0.3) is 0 Å². The van der Waals surface area contributed by atoms with E-state index >= 15 is 0 Å². The van der Waals surface area contributed by atoms with Gasteiger partial charge < -0.3 is 0 Å². The van der Waals surface area contributed by atoms with Crippen molar-refractivity contribution in [2.45, 2.75) is 52.6 Å². The molecule has 0 amide bonds. The molecule has 0 aromatic carbocycles. The number of nitrogens with one attached hydrogen (secondary N) is 2. The average Bonchev–Trinajstić information content (AvgIpc) is 2.46. The molecule has 0 heterocycles. The summed E-state index contributed by atoms with van der Waals surface area (Å²) in [6.07, 6.45) is 1.38. The van der Waals surface area contributed by atoms with Gasteiger partial charge in [-0.1, -0.05) is 0 Å². The van der Waals surface area contributed by atoms with Crippen LogP contribution in [-0.4, -0.2) is 24.0 Å². The zero-order chi connectivity index (χ0) is 17.1. The van der Waals surface area contributed by atoms with Crippen LogP contribution >= 0.6 is 22.0 Å². The van der Waals surface area contributed by atoms with Crippen LogP contribution in [0.2, 0.25) is 0 Å². The maximum atomic E-state index is 11.7. The van der Waals surface area contributed by atoms with Gasteiger partial charge in [-0.05, 0) is 0 Å². The summed E-state index contributed by atoms with van der Waals surface area (Å²) in [5.74, 6) is 0.193. The van der Waals surface area contributed by atoms with Gasteiger partial charge in [-0.2, -0.15) is 0 Å². The molecule has 0 bridgehead atoms. The van der Waals surface area contributed by atoms with E-state index in [2.05, 4.69) is 9.44 Å². The Morgan fingerprint density at radius 1 is 0.864 bits per heavy atom. The van der Waals surface area contributed by atoms with Crippen molar-refractivity contribution >= 4 is 33.9 Å². The van der Waals surface area contributed by atoms with Crippen LogP contribution in [0.5, 0.6) is 0 Å². The molecule has 0 spiro atoms. The zero-order valence-corrected chi connectivity index (χ0v) is 18.6. The minimum atomic E-state index is -0.366. The van der Waals surface area contributed by atoms with E-state index in [0.29, 0.717) is 24.7 Å². The van der Waals surface area contributed by atoms with E-state index in [-0.39, 0.29) is 24.0 Å². The molecule has 10 heteroatoms. The fourth-order valence-electron chi connectivity index (χ4n) is 1.61. The SMILES string of the molecule is CC(C)C[C@H](NSSN[C@@H](CC(C)C)C(=O)[O][Mo])C(=O)[O][Mo]. The fraction of sp³-hybridized carbons (Fsp3) is 0.833. The third-order valence-corrected chi connectivity index (χ3v) is 5.05. The summed E-state index contributed by atoms with van der Waals surface area (Å²) in [5, 5.41) is 0. The van der Waals surface area contributed by atoms with Crippen molar-refractivity contribution < 1.29 is 56.8 Å². The second-order valence-corrected chi connectivity index (χ2v) is 8.20. The summed E-state index contributed by atoms with van der Waals surface area (Å²) in [5.41, 5.74) is 0. The average molecular weight is 514 g/mol. The molecule has 0 rings (SSSR count). The standard InChI is InChI=1S/C12H24N2O4S2.2Mo/c1-7(2)5-9(11(15)16)13-19-20-14-10(12(17)18)6-8(3)4;;/h7-10,13-14H,5-6H2,1-4H3,(H,15,16)(H,17,18);;/q;2*+1/p-2/t9-,10-;;/m0../s1. The van der Waals surface area contributed by atoms with E-state index in [1.54, 1.807) is 0 Å². The predicted molar refractivity (Wildman–Crippen MR) is 80.1 cm³/mol. The number of rotatable bonds is 11. The van der Waals surface area contributed by atoms with Crippen LogP contribution in [0.25, 0.3) is 0 Å². The minimum absolute atomic E-state index is 0.279. The first-order valence-electron chi connectivity index (χ1n) is 6.82. The Morgan fingerprint density at radius 2 is 1.18 bits per heavy atom. The second-order valence-electron chi connectivity index (χ2n) is 5.57. The summed E-state index contributed by atoms with van der Waals surface area (Å²) in [4.78, 5) is 23.4. The van der Waals surface area contributed by atoms with E-state index < -0.39 is 0 Å². The van der Waals surface area contributed by atoms with Gasteiger partial charge in [0.1, 0.15) is 0 Å². The molecule has 0 aromatic rings. The Morgan fingerprint density at radius 3 is 1.41 bits per heavy atom. The number of hydrogen-bond acceptors (Lipinski definition) is 8. The van der Waals surface area contributed by atoms with E-state index in [9.17, 15) is 9.59 Å². The molecule has 0 unspecified atom stereocenters. The van der Waals surface area contributed by atoms with Crippen LogP contribution in [0.3, 0.4) is 0 Å². The van der Waals surface area contributed by atoms with Crippen molar-refractivity contribution in [1.29, 1.82) is 0 Å². The molecule has 6 nitrogen and oxygen atoms in total. The van der Waals surface area contributed by atoms with Gasteiger partial charge in [-0.15, -0.1) is 0 Å². The first-order chi connectivity index (χ1) is 10.3. The third kappa shape index (κ3) is 10.7. The molecular formula is C12H22Mo2N2O4S2. The van der Waals surface area contributed by atoms with Gasteiger partial charge in [-0.3, -0.25) is 0 Å². The number of hydrogen-bond donors (Lipinski definition) is 2. The Balaban J connectivity index is 4.27. The molecule has 22 heavy (non-hydrogen) atoms. The molecule has 128 valence electrons. The van der Waals surface area contributed by atoms with Crippen LogP contribution < -0.4 is 9.44 Å². The Bertz CT molecular complexity index is 317.